The van der Waals surface area contributed by atoms with Crippen LogP contribution in [0.4, 0.5) is 27.8 Å². The van der Waals surface area contributed by atoms with Crippen LogP contribution in [0.3, 0.4) is 0 Å². The van der Waals surface area contributed by atoms with E-state index in [2.05, 4.69) is 20.3 Å². The minimum atomic E-state index is -4.69. The van der Waals surface area contributed by atoms with Gasteiger partial charge in [0.2, 0.25) is 0 Å². The fraction of sp³-hybridized carbons (Fsp3) is 0.304. The van der Waals surface area contributed by atoms with Crippen molar-refractivity contribution in [3.05, 3.63) is 71.7 Å². The number of anilines is 1. The molecule has 1 saturated carbocycles. The Hall–Kier alpha value is -3.63. The molecule has 6 nitrogen and oxygen atoms in total. The maximum atomic E-state index is 14.3. The van der Waals surface area contributed by atoms with Crippen molar-refractivity contribution >= 4 is 11.7 Å². The Labute approximate surface area is 190 Å². The topological polar surface area (TPSA) is 71.0 Å². The summed E-state index contributed by atoms with van der Waals surface area (Å²) in [5.74, 6) is -1.88. The number of rotatable bonds is 4. The number of fused-ring (bicyclic) bond motifs is 2. The zero-order chi connectivity index (χ0) is 24.0. The Kier molecular flexibility index (Phi) is 5.41. The molecule has 3 heterocycles. The normalized spacial score (nSPS) is 21.7. The highest BCUT2D eigenvalue weighted by atomic mass is 19.4. The van der Waals surface area contributed by atoms with Gasteiger partial charge in [-0.2, -0.15) is 13.2 Å². The number of alkyl halides is 3. The van der Waals surface area contributed by atoms with Gasteiger partial charge in [-0.05, 0) is 30.9 Å². The molecule has 0 unspecified atom stereocenters. The van der Waals surface area contributed by atoms with Crippen molar-refractivity contribution in [2.45, 2.75) is 31.1 Å². The van der Waals surface area contributed by atoms with Gasteiger partial charge in [0.25, 0.3) is 5.91 Å². The average Bonchev–Trinajstić information content (AvgIpc) is 3.40. The predicted molar refractivity (Wildman–Crippen MR) is 112 cm³/mol. The van der Waals surface area contributed by atoms with Crippen LogP contribution in [-0.2, 0) is 6.18 Å². The number of carbonyl (C=O) groups is 1. The van der Waals surface area contributed by atoms with Crippen molar-refractivity contribution in [3.63, 3.8) is 0 Å². The average molecular weight is 475 g/mol. The maximum absolute atomic E-state index is 14.3. The number of nitrogens with zero attached hydrogens (tertiary/aromatic N) is 4. The van der Waals surface area contributed by atoms with E-state index in [0.29, 0.717) is 42.8 Å². The van der Waals surface area contributed by atoms with Crippen molar-refractivity contribution in [3.8, 4) is 11.4 Å². The quantitative estimate of drug-likeness (QED) is 0.561. The van der Waals surface area contributed by atoms with Gasteiger partial charge in [0.15, 0.2) is 23.3 Å². The molecule has 2 aliphatic rings. The van der Waals surface area contributed by atoms with Crippen LogP contribution in [0.5, 0.6) is 0 Å². The maximum Gasteiger partial charge on any atom is 0.417 e. The molecule has 1 saturated heterocycles. The lowest BCUT2D eigenvalue weighted by atomic mass is 10.0. The van der Waals surface area contributed by atoms with E-state index in [4.69, 9.17) is 0 Å². The van der Waals surface area contributed by atoms with Crippen LogP contribution in [-0.4, -0.2) is 44.4 Å². The third-order valence-electron chi connectivity index (χ3n) is 6.25. The first-order valence-corrected chi connectivity index (χ1v) is 10.6. The zero-order valence-corrected chi connectivity index (χ0v) is 17.6. The number of carbonyl (C=O) groups excluding carboxylic acids is 1. The second-order valence-corrected chi connectivity index (χ2v) is 8.44. The Morgan fingerprint density at radius 2 is 1.76 bits per heavy atom. The SMILES string of the molecule is O=C(c1ccccc1-c1ncc(F)cn1)N1C[C@@H]2C[C@@H](Nc3ncc(C(F)(F)F)cc3F)[C@@H]1C2. The lowest BCUT2D eigenvalue weighted by Crippen LogP contribution is -2.48. The van der Waals surface area contributed by atoms with Crippen LogP contribution < -0.4 is 5.32 Å². The van der Waals surface area contributed by atoms with Crippen LogP contribution >= 0.6 is 0 Å². The number of hydrogen-bond acceptors (Lipinski definition) is 5. The van der Waals surface area contributed by atoms with Crippen molar-refractivity contribution < 1.29 is 26.7 Å². The zero-order valence-electron chi connectivity index (χ0n) is 17.6. The smallest absolute Gasteiger partial charge is 0.363 e. The molecule has 1 aromatic carbocycles. The van der Waals surface area contributed by atoms with Gasteiger partial charge >= 0.3 is 6.18 Å². The molecular weight excluding hydrogens is 457 g/mol. The molecule has 1 N–H and O–H groups in total. The number of piperidine rings is 1. The van der Waals surface area contributed by atoms with E-state index in [9.17, 15) is 26.7 Å². The molecule has 1 aliphatic heterocycles. The summed E-state index contributed by atoms with van der Waals surface area (Å²) in [4.78, 5) is 26.7. The highest BCUT2D eigenvalue weighted by molar-refractivity contribution is 6.00. The standard InChI is InChI=1S/C23H18F5N5O/c24-14-9-30-20(31-10-14)15-3-1-2-4-16(15)22(34)33-11-12-5-18(19(33)6-12)32-21-17(25)7-13(8-29-21)23(26,27)28/h1-4,7-10,12,18-19H,5-6,11H2,(H,29,32)/t12-,18-,19+/m1/s1. The number of amides is 1. The summed E-state index contributed by atoms with van der Waals surface area (Å²) in [6.07, 6.45) is -0.746. The summed E-state index contributed by atoms with van der Waals surface area (Å²) in [5, 5.41) is 2.89. The molecule has 176 valence electrons. The molecule has 1 amide bonds. The van der Waals surface area contributed by atoms with Crippen molar-refractivity contribution in [1.29, 1.82) is 0 Å². The molecule has 2 aromatic heterocycles. The summed E-state index contributed by atoms with van der Waals surface area (Å²) < 4.78 is 66.0. The van der Waals surface area contributed by atoms with Crippen molar-refractivity contribution in [1.82, 2.24) is 19.9 Å². The van der Waals surface area contributed by atoms with Gasteiger partial charge in [-0.1, -0.05) is 18.2 Å². The van der Waals surface area contributed by atoms with Gasteiger partial charge < -0.3 is 10.2 Å². The molecule has 2 bridgehead atoms. The number of pyridine rings is 1. The first-order chi connectivity index (χ1) is 16.2. The highest BCUT2D eigenvalue weighted by Gasteiger charge is 2.47. The van der Waals surface area contributed by atoms with E-state index in [-0.39, 0.29) is 35.6 Å². The Morgan fingerprint density at radius 1 is 1.03 bits per heavy atom. The van der Waals surface area contributed by atoms with E-state index >= 15 is 0 Å². The Balaban J connectivity index is 1.37. The van der Waals surface area contributed by atoms with Crippen LogP contribution in [0, 0.1) is 17.6 Å². The largest absolute Gasteiger partial charge is 0.417 e. The summed E-state index contributed by atoms with van der Waals surface area (Å²) in [6, 6.07) is 6.48. The first kappa shape index (κ1) is 22.2. The molecule has 11 heteroatoms. The number of nitrogens with one attached hydrogen (secondary N) is 1. The predicted octanol–water partition coefficient (Wildman–Crippen LogP) is 4.55. The summed E-state index contributed by atoms with van der Waals surface area (Å²) >= 11 is 0. The molecule has 1 aliphatic carbocycles. The highest BCUT2D eigenvalue weighted by Crippen LogP contribution is 2.41. The van der Waals surface area contributed by atoms with Gasteiger partial charge in [0.1, 0.15) is 0 Å². The monoisotopic (exact) mass is 475 g/mol. The third kappa shape index (κ3) is 4.06. The van der Waals surface area contributed by atoms with Gasteiger partial charge in [0, 0.05) is 24.3 Å². The first-order valence-electron chi connectivity index (χ1n) is 10.6. The van der Waals surface area contributed by atoms with Gasteiger partial charge in [-0.25, -0.2) is 23.7 Å². The van der Waals surface area contributed by atoms with Crippen LogP contribution in [0.1, 0.15) is 28.8 Å². The third-order valence-corrected chi connectivity index (χ3v) is 6.25. The summed E-state index contributed by atoms with van der Waals surface area (Å²) in [5.41, 5.74) is -0.366. The summed E-state index contributed by atoms with van der Waals surface area (Å²) in [6.45, 7) is 0.503. The second-order valence-electron chi connectivity index (χ2n) is 8.44. The fourth-order valence-corrected chi connectivity index (χ4v) is 4.76. The van der Waals surface area contributed by atoms with E-state index in [1.54, 1.807) is 29.2 Å². The number of benzene rings is 1. The number of hydrogen-bond donors (Lipinski definition) is 1. The molecule has 2 fully saturated rings. The lowest BCUT2D eigenvalue weighted by Gasteiger charge is -2.34. The van der Waals surface area contributed by atoms with E-state index in [1.807, 2.05) is 0 Å². The molecular formula is C23H18F5N5O. The van der Waals surface area contributed by atoms with Gasteiger partial charge in [0.05, 0.1) is 29.6 Å². The Morgan fingerprint density at radius 3 is 2.44 bits per heavy atom. The van der Waals surface area contributed by atoms with Crippen LogP contribution in [0.25, 0.3) is 11.4 Å². The van der Waals surface area contributed by atoms with E-state index in [0.717, 1.165) is 12.4 Å². The lowest BCUT2D eigenvalue weighted by molar-refractivity contribution is -0.138. The Bertz CT molecular complexity index is 1230. The summed E-state index contributed by atoms with van der Waals surface area (Å²) in [7, 11) is 0. The minimum absolute atomic E-state index is 0.165. The molecule has 3 aromatic rings. The van der Waals surface area contributed by atoms with Gasteiger partial charge in [-0.3, -0.25) is 4.79 Å². The van der Waals surface area contributed by atoms with Gasteiger partial charge in [-0.15, -0.1) is 0 Å². The van der Waals surface area contributed by atoms with Crippen molar-refractivity contribution in [2.24, 2.45) is 5.92 Å². The van der Waals surface area contributed by atoms with Crippen LogP contribution in [0.2, 0.25) is 0 Å². The number of halogens is 5. The minimum Gasteiger partial charge on any atom is -0.363 e. The molecule has 0 radical (unpaired) electrons. The fourth-order valence-electron chi connectivity index (χ4n) is 4.76. The molecule has 34 heavy (non-hydrogen) atoms. The second kappa shape index (κ2) is 8.30. The molecule has 0 spiro atoms. The number of aromatic nitrogens is 3. The van der Waals surface area contributed by atoms with Crippen LogP contribution in [0.15, 0.2) is 48.9 Å². The molecule has 3 atom stereocenters. The van der Waals surface area contributed by atoms with Crippen molar-refractivity contribution in [2.75, 3.05) is 11.9 Å². The number of likely N-dealkylation sites (tertiary alicyclic amines) is 1. The molecule has 5 rings (SSSR count). The van der Waals surface area contributed by atoms with E-state index < -0.39 is 23.4 Å². The van der Waals surface area contributed by atoms with E-state index in [1.165, 1.54) is 0 Å².